The number of nitrogens with zero attached hydrogens (tertiary/aromatic N) is 1. The molecule has 2 fully saturated rings. The van der Waals surface area contributed by atoms with Crippen LogP contribution in [0.1, 0.15) is 31.2 Å². The van der Waals surface area contributed by atoms with Gasteiger partial charge in [0.05, 0.1) is 11.5 Å². The molecule has 5 heteroatoms. The second-order valence-corrected chi connectivity index (χ2v) is 5.85. The van der Waals surface area contributed by atoms with Crippen molar-refractivity contribution >= 4 is 12.1 Å². The van der Waals surface area contributed by atoms with Gasteiger partial charge in [0.15, 0.2) is 0 Å². The molecule has 1 N–H and O–H groups in total. The summed E-state index contributed by atoms with van der Waals surface area (Å²) in [5.41, 5.74) is 0.187. The number of carbonyl (C=O) groups is 2. The first-order chi connectivity index (χ1) is 10.1. The van der Waals surface area contributed by atoms with E-state index in [-0.39, 0.29) is 12.6 Å². The zero-order chi connectivity index (χ0) is 14.9. The molecule has 2 atom stereocenters. The van der Waals surface area contributed by atoms with E-state index in [2.05, 4.69) is 0 Å². The van der Waals surface area contributed by atoms with Crippen molar-refractivity contribution in [1.29, 1.82) is 0 Å². The molecule has 2 aliphatic rings. The van der Waals surface area contributed by atoms with Crippen LogP contribution in [0.2, 0.25) is 0 Å². The zero-order valence-electron chi connectivity index (χ0n) is 11.8. The Morgan fingerprint density at radius 1 is 1.29 bits per heavy atom. The smallest absolute Gasteiger partial charge is 0.410 e. The van der Waals surface area contributed by atoms with Gasteiger partial charge >= 0.3 is 12.1 Å². The molecule has 0 bridgehead atoms. The molecule has 0 unspecified atom stereocenters. The van der Waals surface area contributed by atoms with Crippen LogP contribution in [0.5, 0.6) is 0 Å². The molecular weight excluding hydrogens is 270 g/mol. The van der Waals surface area contributed by atoms with Gasteiger partial charge in [-0.3, -0.25) is 4.79 Å². The second-order valence-electron chi connectivity index (χ2n) is 5.85. The third-order valence-electron chi connectivity index (χ3n) is 4.78. The van der Waals surface area contributed by atoms with Crippen molar-refractivity contribution in [2.24, 2.45) is 5.41 Å². The summed E-state index contributed by atoms with van der Waals surface area (Å²) in [7, 11) is 0. The van der Waals surface area contributed by atoms with Gasteiger partial charge in [-0.15, -0.1) is 0 Å². The normalized spacial score (nSPS) is 27.4. The maximum absolute atomic E-state index is 12.2. The first-order valence-corrected chi connectivity index (χ1v) is 7.34. The van der Waals surface area contributed by atoms with Crippen LogP contribution in [-0.4, -0.2) is 34.7 Å². The molecule has 1 aromatic carbocycles. The van der Waals surface area contributed by atoms with Crippen LogP contribution in [-0.2, 0) is 16.1 Å². The first-order valence-electron chi connectivity index (χ1n) is 7.34. The van der Waals surface area contributed by atoms with Gasteiger partial charge < -0.3 is 14.7 Å². The number of ether oxygens (including phenoxy) is 1. The first kappa shape index (κ1) is 13.9. The molecule has 0 radical (unpaired) electrons. The molecule has 0 spiro atoms. The monoisotopic (exact) mass is 289 g/mol. The summed E-state index contributed by atoms with van der Waals surface area (Å²) in [4.78, 5) is 25.4. The molecule has 3 rings (SSSR count). The Hall–Kier alpha value is -2.04. The van der Waals surface area contributed by atoms with E-state index < -0.39 is 17.5 Å². The lowest BCUT2D eigenvalue weighted by molar-refractivity contribution is -0.149. The molecule has 21 heavy (non-hydrogen) atoms. The summed E-state index contributed by atoms with van der Waals surface area (Å²) in [5.74, 6) is -0.775. The third-order valence-corrected chi connectivity index (χ3v) is 4.78. The maximum atomic E-state index is 12.2. The van der Waals surface area contributed by atoms with Crippen molar-refractivity contribution < 1.29 is 19.4 Å². The summed E-state index contributed by atoms with van der Waals surface area (Å²) < 4.78 is 5.34. The molecule has 1 heterocycles. The molecule has 5 nitrogen and oxygen atoms in total. The summed E-state index contributed by atoms with van der Waals surface area (Å²) in [5, 5.41) is 9.50. The average Bonchev–Trinajstić information content (AvgIpc) is 3.05. The van der Waals surface area contributed by atoms with Crippen molar-refractivity contribution in [2.45, 2.75) is 38.3 Å². The molecule has 1 amide bonds. The lowest BCUT2D eigenvalue weighted by atomic mass is 9.82. The highest BCUT2D eigenvalue weighted by atomic mass is 16.6. The SMILES string of the molecule is O=C(OCc1ccccc1)N1CC[C@]2(C(=O)O)CCC[C@@H]12. The quantitative estimate of drug-likeness (QED) is 0.929. The summed E-state index contributed by atoms with van der Waals surface area (Å²) in [6.45, 7) is 0.702. The molecule has 112 valence electrons. The van der Waals surface area contributed by atoms with Crippen molar-refractivity contribution in [3.63, 3.8) is 0 Å². The Labute approximate surface area is 123 Å². The summed E-state index contributed by atoms with van der Waals surface area (Å²) in [6.07, 6.45) is 2.42. The van der Waals surface area contributed by atoms with Crippen molar-refractivity contribution in [2.75, 3.05) is 6.54 Å². The Balaban J connectivity index is 1.65. The number of amides is 1. The topological polar surface area (TPSA) is 66.8 Å². The van der Waals surface area contributed by atoms with Crippen molar-refractivity contribution in [3.05, 3.63) is 35.9 Å². The molecule has 1 aliphatic heterocycles. The number of carboxylic acids is 1. The molecular formula is C16H19NO4. The van der Waals surface area contributed by atoms with Gasteiger partial charge in [-0.2, -0.15) is 0 Å². The van der Waals surface area contributed by atoms with Gasteiger partial charge in [0.25, 0.3) is 0 Å². The number of rotatable bonds is 3. The van der Waals surface area contributed by atoms with Crippen molar-refractivity contribution in [1.82, 2.24) is 4.90 Å². The lowest BCUT2D eigenvalue weighted by Gasteiger charge is -2.28. The number of hydrogen-bond acceptors (Lipinski definition) is 3. The van der Waals surface area contributed by atoms with E-state index in [1.54, 1.807) is 4.90 Å². The number of hydrogen-bond donors (Lipinski definition) is 1. The average molecular weight is 289 g/mol. The summed E-state index contributed by atoms with van der Waals surface area (Å²) >= 11 is 0. The third kappa shape index (κ3) is 2.37. The standard InChI is InChI=1S/C16H19NO4/c18-14(19)16-8-4-7-13(16)17(10-9-16)15(20)21-11-12-5-2-1-3-6-12/h1-3,5-6,13H,4,7-11H2,(H,18,19)/t13-,16-/m1/s1. The second kappa shape index (κ2) is 5.39. The maximum Gasteiger partial charge on any atom is 0.410 e. The van der Waals surface area contributed by atoms with Gasteiger partial charge in [0.1, 0.15) is 6.61 Å². The number of fused-ring (bicyclic) bond motifs is 1. The molecule has 1 aliphatic carbocycles. The van der Waals surface area contributed by atoms with Crippen LogP contribution < -0.4 is 0 Å². The minimum absolute atomic E-state index is 0.210. The Morgan fingerprint density at radius 2 is 2.05 bits per heavy atom. The van der Waals surface area contributed by atoms with Crippen LogP contribution in [0, 0.1) is 5.41 Å². The number of aliphatic carboxylic acids is 1. The summed E-state index contributed by atoms with van der Waals surface area (Å²) in [6, 6.07) is 9.28. The number of carboxylic acid groups (broad SMARTS) is 1. The van der Waals surface area contributed by atoms with Gasteiger partial charge in [-0.05, 0) is 24.8 Å². The highest BCUT2D eigenvalue weighted by Gasteiger charge is 2.57. The van der Waals surface area contributed by atoms with E-state index in [0.717, 1.165) is 18.4 Å². The Kier molecular flexibility index (Phi) is 3.57. The number of likely N-dealkylation sites (tertiary alicyclic amines) is 1. The fraction of sp³-hybridized carbons (Fsp3) is 0.500. The van der Waals surface area contributed by atoms with Crippen LogP contribution in [0.4, 0.5) is 4.79 Å². The van der Waals surface area contributed by atoms with E-state index in [1.807, 2.05) is 30.3 Å². The van der Waals surface area contributed by atoms with Crippen LogP contribution >= 0.6 is 0 Å². The van der Waals surface area contributed by atoms with E-state index in [0.29, 0.717) is 19.4 Å². The van der Waals surface area contributed by atoms with E-state index in [4.69, 9.17) is 4.74 Å². The van der Waals surface area contributed by atoms with Gasteiger partial charge in [0.2, 0.25) is 0 Å². The van der Waals surface area contributed by atoms with E-state index in [1.165, 1.54) is 0 Å². The van der Waals surface area contributed by atoms with E-state index in [9.17, 15) is 14.7 Å². The minimum Gasteiger partial charge on any atom is -0.481 e. The lowest BCUT2D eigenvalue weighted by Crippen LogP contribution is -2.43. The Bertz CT molecular complexity index is 544. The Morgan fingerprint density at radius 3 is 2.76 bits per heavy atom. The van der Waals surface area contributed by atoms with Gasteiger partial charge in [-0.1, -0.05) is 36.8 Å². The van der Waals surface area contributed by atoms with Crippen LogP contribution in [0.3, 0.4) is 0 Å². The van der Waals surface area contributed by atoms with Gasteiger partial charge in [-0.25, -0.2) is 4.79 Å². The fourth-order valence-electron chi connectivity index (χ4n) is 3.65. The molecule has 1 saturated heterocycles. The van der Waals surface area contributed by atoms with Crippen LogP contribution in [0.15, 0.2) is 30.3 Å². The van der Waals surface area contributed by atoms with Gasteiger partial charge in [0, 0.05) is 6.54 Å². The highest BCUT2D eigenvalue weighted by Crippen LogP contribution is 2.49. The molecule has 1 aromatic rings. The fourth-order valence-corrected chi connectivity index (χ4v) is 3.65. The minimum atomic E-state index is -0.775. The zero-order valence-corrected chi connectivity index (χ0v) is 11.8. The predicted octanol–water partition coefficient (Wildman–Crippen LogP) is 2.65. The van der Waals surface area contributed by atoms with E-state index >= 15 is 0 Å². The molecule has 0 aromatic heterocycles. The van der Waals surface area contributed by atoms with Crippen molar-refractivity contribution in [3.8, 4) is 0 Å². The molecule has 1 saturated carbocycles. The highest BCUT2D eigenvalue weighted by molar-refractivity contribution is 5.79. The largest absolute Gasteiger partial charge is 0.481 e. The van der Waals surface area contributed by atoms with Crippen LogP contribution in [0.25, 0.3) is 0 Å². The number of benzene rings is 1. The predicted molar refractivity (Wildman–Crippen MR) is 75.7 cm³/mol. The number of carbonyl (C=O) groups excluding carboxylic acids is 1.